The first-order valence-corrected chi connectivity index (χ1v) is 13.9. The van der Waals surface area contributed by atoms with Gasteiger partial charge in [-0.2, -0.15) is 0 Å². The first kappa shape index (κ1) is 23.4. The third kappa shape index (κ3) is 3.52. The van der Waals surface area contributed by atoms with Gasteiger partial charge in [0.25, 0.3) is 0 Å². The highest BCUT2D eigenvalue weighted by Crippen LogP contribution is 2.70. The second-order valence-electron chi connectivity index (χ2n) is 12.2. The highest BCUT2D eigenvalue weighted by Gasteiger charge is 2.63. The molecule has 0 aromatic heterocycles. The van der Waals surface area contributed by atoms with Crippen molar-refractivity contribution in [1.29, 1.82) is 0 Å². The van der Waals surface area contributed by atoms with Crippen molar-refractivity contribution in [3.8, 4) is 0 Å². The van der Waals surface area contributed by atoms with E-state index in [1.54, 1.807) is 0 Å². The van der Waals surface area contributed by atoms with Crippen LogP contribution in [0.1, 0.15) is 91.9 Å². The van der Waals surface area contributed by atoms with E-state index in [4.69, 9.17) is 9.47 Å². The molecule has 4 fully saturated rings. The number of fused-ring (bicyclic) bond motifs is 7. The first-order valence-electron chi connectivity index (χ1n) is 13.9. The summed E-state index contributed by atoms with van der Waals surface area (Å²) >= 11 is 0. The number of carbonyl (C=O) groups is 2. The lowest BCUT2D eigenvalue weighted by Gasteiger charge is -2.60. The molecule has 0 spiro atoms. The van der Waals surface area contributed by atoms with Crippen molar-refractivity contribution in [3.05, 3.63) is 11.6 Å². The van der Waals surface area contributed by atoms with Gasteiger partial charge in [-0.1, -0.05) is 38.3 Å². The van der Waals surface area contributed by atoms with Crippen LogP contribution in [0.3, 0.4) is 0 Å². The van der Waals surface area contributed by atoms with Crippen molar-refractivity contribution in [3.63, 3.8) is 0 Å². The van der Waals surface area contributed by atoms with E-state index >= 15 is 0 Å². The second-order valence-corrected chi connectivity index (χ2v) is 12.2. The molecule has 0 amide bonds. The standard InChI is InChI=1S/C29H44O4/c1-5-32-26(30)20-12-13-22-21(25(20)27(31)33-6-2)17-24-19-11-10-18-9-7-8-15-28(18,3)23(19)14-16-29(22,24)4/h13,18-21,23-25H,5-12,14-17H2,1-4H3/t18?,19-,20?,21-,23+,24+,25?,28+,29-/m1/s1. The molecule has 0 aromatic carbocycles. The number of carbonyl (C=O) groups excluding carboxylic acids is 2. The van der Waals surface area contributed by atoms with Crippen LogP contribution < -0.4 is 0 Å². The maximum atomic E-state index is 13.2. The van der Waals surface area contributed by atoms with Crippen molar-refractivity contribution in [2.45, 2.75) is 91.9 Å². The summed E-state index contributed by atoms with van der Waals surface area (Å²) in [7, 11) is 0. The SMILES string of the molecule is CCOC(=O)C1CC=C2[C@@H](C[C@H]3[C@@H]4CCC5CCCC[C@]5(C)[C@H]4CC[C@]23C)C1C(=O)OCC. The largest absolute Gasteiger partial charge is 0.466 e. The van der Waals surface area contributed by atoms with E-state index in [-0.39, 0.29) is 29.2 Å². The van der Waals surface area contributed by atoms with Gasteiger partial charge in [0.1, 0.15) is 0 Å². The molecular weight excluding hydrogens is 412 g/mol. The molecule has 5 rings (SSSR count). The van der Waals surface area contributed by atoms with E-state index < -0.39 is 5.92 Å². The van der Waals surface area contributed by atoms with Crippen molar-refractivity contribution >= 4 is 11.9 Å². The number of ether oxygens (including phenoxy) is 2. The van der Waals surface area contributed by atoms with Gasteiger partial charge in [-0.3, -0.25) is 9.59 Å². The minimum atomic E-state index is -0.399. The van der Waals surface area contributed by atoms with Gasteiger partial charge in [0.15, 0.2) is 0 Å². The molecule has 3 unspecified atom stereocenters. The van der Waals surface area contributed by atoms with Crippen molar-refractivity contribution in [1.82, 2.24) is 0 Å². The molecule has 5 aliphatic rings. The number of hydrogen-bond donors (Lipinski definition) is 0. The van der Waals surface area contributed by atoms with Crippen molar-refractivity contribution < 1.29 is 19.1 Å². The van der Waals surface area contributed by atoms with Gasteiger partial charge in [0.2, 0.25) is 0 Å². The summed E-state index contributed by atoms with van der Waals surface area (Å²) in [6.45, 7) is 9.53. The summed E-state index contributed by atoms with van der Waals surface area (Å²) in [6.07, 6.45) is 15.0. The van der Waals surface area contributed by atoms with Crippen LogP contribution in [0.25, 0.3) is 0 Å². The Labute approximate surface area is 200 Å². The highest BCUT2D eigenvalue weighted by molar-refractivity contribution is 5.83. The third-order valence-corrected chi connectivity index (χ3v) is 11.1. The number of esters is 2. The number of rotatable bonds is 4. The topological polar surface area (TPSA) is 52.6 Å². The second kappa shape index (κ2) is 8.72. The van der Waals surface area contributed by atoms with E-state index in [1.165, 1.54) is 56.9 Å². The summed E-state index contributed by atoms with van der Waals surface area (Å²) in [5.74, 6) is 2.08. The van der Waals surface area contributed by atoms with Gasteiger partial charge in [-0.25, -0.2) is 0 Å². The quantitative estimate of drug-likeness (QED) is 0.366. The molecule has 0 N–H and O–H groups in total. The summed E-state index contributed by atoms with van der Waals surface area (Å²) in [5.41, 5.74) is 2.16. The van der Waals surface area contributed by atoms with Gasteiger partial charge in [0, 0.05) is 0 Å². The Balaban J connectivity index is 1.47. The van der Waals surface area contributed by atoms with Crippen LogP contribution in [0.5, 0.6) is 0 Å². The third-order valence-electron chi connectivity index (χ3n) is 11.1. The minimum Gasteiger partial charge on any atom is -0.466 e. The normalized spacial score (nSPS) is 46.2. The van der Waals surface area contributed by atoms with E-state index in [9.17, 15) is 9.59 Å². The number of hydrogen-bond acceptors (Lipinski definition) is 4. The fourth-order valence-corrected chi connectivity index (χ4v) is 9.70. The summed E-state index contributed by atoms with van der Waals surface area (Å²) in [5, 5.41) is 0. The van der Waals surface area contributed by atoms with Crippen LogP contribution in [-0.4, -0.2) is 25.2 Å². The molecule has 9 atom stereocenters. The molecule has 5 aliphatic carbocycles. The fraction of sp³-hybridized carbons (Fsp3) is 0.862. The fourth-order valence-electron chi connectivity index (χ4n) is 9.70. The Bertz CT molecular complexity index is 816. The summed E-state index contributed by atoms with van der Waals surface area (Å²) in [6, 6.07) is 0. The maximum Gasteiger partial charge on any atom is 0.310 e. The van der Waals surface area contributed by atoms with Crippen molar-refractivity contribution in [2.75, 3.05) is 13.2 Å². The van der Waals surface area contributed by atoms with Crippen LogP contribution in [0, 0.1) is 52.3 Å². The Morgan fingerprint density at radius 1 is 0.939 bits per heavy atom. The van der Waals surface area contributed by atoms with E-state index in [0.29, 0.717) is 31.0 Å². The molecule has 184 valence electrons. The Morgan fingerprint density at radius 2 is 1.70 bits per heavy atom. The van der Waals surface area contributed by atoms with E-state index in [1.807, 2.05) is 13.8 Å². The van der Waals surface area contributed by atoms with Gasteiger partial charge in [-0.15, -0.1) is 0 Å². The van der Waals surface area contributed by atoms with Crippen LogP contribution >= 0.6 is 0 Å². The smallest absolute Gasteiger partial charge is 0.310 e. The number of allylic oxidation sites excluding steroid dienone is 2. The molecule has 0 heterocycles. The Kier molecular flexibility index (Phi) is 6.19. The maximum absolute atomic E-state index is 13.2. The highest BCUT2D eigenvalue weighted by atomic mass is 16.5. The molecule has 0 saturated heterocycles. The average Bonchev–Trinajstić information content (AvgIpc) is 3.11. The Hall–Kier alpha value is -1.32. The molecule has 0 aromatic rings. The van der Waals surface area contributed by atoms with Crippen molar-refractivity contribution in [2.24, 2.45) is 52.3 Å². The predicted molar refractivity (Wildman–Crippen MR) is 128 cm³/mol. The van der Waals surface area contributed by atoms with E-state index in [0.717, 1.165) is 24.2 Å². The zero-order valence-corrected chi connectivity index (χ0v) is 21.2. The van der Waals surface area contributed by atoms with Gasteiger partial charge in [0.05, 0.1) is 25.0 Å². The Morgan fingerprint density at radius 3 is 2.45 bits per heavy atom. The molecule has 4 nitrogen and oxygen atoms in total. The average molecular weight is 457 g/mol. The zero-order chi connectivity index (χ0) is 23.4. The lowest BCUT2D eigenvalue weighted by atomic mass is 9.45. The molecule has 0 aliphatic heterocycles. The summed E-state index contributed by atoms with van der Waals surface area (Å²) in [4.78, 5) is 26.1. The van der Waals surface area contributed by atoms with Gasteiger partial charge in [-0.05, 0) is 106 Å². The molecule has 4 saturated carbocycles. The van der Waals surface area contributed by atoms with Crippen LogP contribution in [0.4, 0.5) is 0 Å². The molecule has 0 radical (unpaired) electrons. The van der Waals surface area contributed by atoms with Crippen LogP contribution in [0.15, 0.2) is 11.6 Å². The molecule has 33 heavy (non-hydrogen) atoms. The predicted octanol–water partition coefficient (Wildman–Crippen LogP) is 6.33. The van der Waals surface area contributed by atoms with E-state index in [2.05, 4.69) is 19.9 Å². The summed E-state index contributed by atoms with van der Waals surface area (Å²) < 4.78 is 11.0. The first-order chi connectivity index (χ1) is 15.8. The minimum absolute atomic E-state index is 0.137. The van der Waals surface area contributed by atoms with Gasteiger partial charge < -0.3 is 9.47 Å². The van der Waals surface area contributed by atoms with Gasteiger partial charge >= 0.3 is 11.9 Å². The molecule has 0 bridgehead atoms. The zero-order valence-electron chi connectivity index (χ0n) is 21.2. The van der Waals surface area contributed by atoms with Crippen LogP contribution in [-0.2, 0) is 19.1 Å². The van der Waals surface area contributed by atoms with Crippen LogP contribution in [0.2, 0.25) is 0 Å². The lowest BCUT2D eigenvalue weighted by molar-refractivity contribution is -0.162. The molecular formula is C29H44O4. The molecule has 4 heteroatoms. The lowest BCUT2D eigenvalue weighted by Crippen LogP contribution is -2.52. The monoisotopic (exact) mass is 456 g/mol.